The molecule has 2 heteroatoms. The number of rotatable bonds is 5. The van der Waals surface area contributed by atoms with E-state index in [-0.39, 0.29) is 16.2 Å². The molecule has 7 aromatic carbocycles. The number of para-hydroxylation sites is 3. The Balaban J connectivity index is 1.22. The summed E-state index contributed by atoms with van der Waals surface area (Å²) in [7, 11) is 0. The van der Waals surface area contributed by atoms with Crippen LogP contribution in [-0.4, -0.2) is 0 Å². The van der Waals surface area contributed by atoms with E-state index in [2.05, 4.69) is 198 Å². The summed E-state index contributed by atoms with van der Waals surface area (Å²) in [5.41, 5.74) is 18.5. The standard InChI is InChI=1S/C53H47NO/c1-51(2)30-31-52(3,4)49-37(20-14-23-44(49)51)34-26-28-35(29-27-34)41-32-42-38-18-10-12-22-43(38)53(5,6)45(42)33-47(41)54(36-16-8-7-9-17-36)46-24-15-21-40-39-19-11-13-25-48(39)55-50(40)46/h7-29,32-33H,30-31H2,1-6H3. The molecule has 2 nitrogen and oxygen atoms in total. The monoisotopic (exact) mass is 713 g/mol. The predicted octanol–water partition coefficient (Wildman–Crippen LogP) is 15.0. The third-order valence-electron chi connectivity index (χ3n) is 12.9. The average molecular weight is 714 g/mol. The molecule has 0 atom stereocenters. The van der Waals surface area contributed by atoms with Crippen molar-refractivity contribution >= 4 is 39.0 Å². The summed E-state index contributed by atoms with van der Waals surface area (Å²) in [6.45, 7) is 14.4. The van der Waals surface area contributed by atoms with Crippen LogP contribution in [0, 0.1) is 0 Å². The van der Waals surface area contributed by atoms with E-state index >= 15 is 0 Å². The fourth-order valence-electron chi connectivity index (χ4n) is 9.85. The van der Waals surface area contributed by atoms with Gasteiger partial charge in [-0.25, -0.2) is 0 Å². The first-order valence-electron chi connectivity index (χ1n) is 19.8. The Kier molecular flexibility index (Phi) is 7.39. The third kappa shape index (κ3) is 5.14. The molecule has 0 aliphatic heterocycles. The molecule has 0 fully saturated rings. The van der Waals surface area contributed by atoms with Gasteiger partial charge in [-0.3, -0.25) is 0 Å². The molecular weight excluding hydrogens is 667 g/mol. The zero-order valence-corrected chi connectivity index (χ0v) is 32.7. The number of furan rings is 1. The molecular formula is C53H47NO. The second-order valence-electron chi connectivity index (χ2n) is 17.6. The lowest BCUT2D eigenvalue weighted by Crippen LogP contribution is -2.34. The van der Waals surface area contributed by atoms with Crippen LogP contribution in [0.3, 0.4) is 0 Å². The van der Waals surface area contributed by atoms with Gasteiger partial charge < -0.3 is 9.32 Å². The Labute approximate surface area is 325 Å². The van der Waals surface area contributed by atoms with Crippen molar-refractivity contribution in [2.45, 2.75) is 70.6 Å². The Morgan fingerprint density at radius 2 is 1.07 bits per heavy atom. The van der Waals surface area contributed by atoms with E-state index in [1.54, 1.807) is 0 Å². The molecule has 0 spiro atoms. The number of nitrogens with zero attached hydrogens (tertiary/aromatic N) is 1. The summed E-state index contributed by atoms with van der Waals surface area (Å²) in [5.74, 6) is 0. The van der Waals surface area contributed by atoms with Gasteiger partial charge in [0.25, 0.3) is 0 Å². The Morgan fingerprint density at radius 3 is 1.87 bits per heavy atom. The van der Waals surface area contributed by atoms with Crippen LogP contribution in [0.2, 0.25) is 0 Å². The molecule has 2 aliphatic rings. The highest BCUT2D eigenvalue weighted by molar-refractivity contribution is 6.11. The molecule has 270 valence electrons. The second-order valence-corrected chi connectivity index (χ2v) is 17.6. The average Bonchev–Trinajstić information content (AvgIpc) is 3.69. The SMILES string of the molecule is CC1(C)CCC(C)(C)c2c(-c3ccc(-c4cc5c(cc4N(c4ccccc4)c4cccc6c4oc4ccccc46)C(C)(C)c4ccccc4-5)cc3)cccc21. The highest BCUT2D eigenvalue weighted by atomic mass is 16.3. The smallest absolute Gasteiger partial charge is 0.159 e. The quantitative estimate of drug-likeness (QED) is 0.177. The fourth-order valence-corrected chi connectivity index (χ4v) is 9.85. The molecule has 0 saturated carbocycles. The summed E-state index contributed by atoms with van der Waals surface area (Å²) in [6.07, 6.45) is 2.39. The third-order valence-corrected chi connectivity index (χ3v) is 12.9. The van der Waals surface area contributed by atoms with E-state index < -0.39 is 0 Å². The molecule has 10 rings (SSSR count). The van der Waals surface area contributed by atoms with Crippen molar-refractivity contribution in [1.29, 1.82) is 0 Å². The highest BCUT2D eigenvalue weighted by Gasteiger charge is 2.39. The lowest BCUT2D eigenvalue weighted by Gasteiger charge is -2.43. The van der Waals surface area contributed by atoms with Gasteiger partial charge >= 0.3 is 0 Å². The Hall–Kier alpha value is -5.86. The van der Waals surface area contributed by atoms with Crippen LogP contribution in [0.5, 0.6) is 0 Å². The predicted molar refractivity (Wildman–Crippen MR) is 232 cm³/mol. The topological polar surface area (TPSA) is 16.4 Å². The molecule has 1 heterocycles. The van der Waals surface area contributed by atoms with Gasteiger partial charge in [-0.05, 0) is 110 Å². The number of anilines is 3. The molecule has 0 saturated heterocycles. The van der Waals surface area contributed by atoms with E-state index in [1.807, 2.05) is 0 Å². The second kappa shape index (κ2) is 12.1. The summed E-state index contributed by atoms with van der Waals surface area (Å²) in [5, 5.41) is 2.24. The van der Waals surface area contributed by atoms with Gasteiger partial charge in [-0.1, -0.05) is 157 Å². The number of benzene rings is 7. The molecule has 8 aromatic rings. The summed E-state index contributed by atoms with van der Waals surface area (Å²) in [4.78, 5) is 2.42. The highest BCUT2D eigenvalue weighted by Crippen LogP contribution is 2.55. The van der Waals surface area contributed by atoms with Gasteiger partial charge in [-0.2, -0.15) is 0 Å². The number of hydrogen-bond donors (Lipinski definition) is 0. The number of hydrogen-bond acceptors (Lipinski definition) is 2. The zero-order valence-electron chi connectivity index (χ0n) is 32.7. The number of fused-ring (bicyclic) bond motifs is 7. The maximum Gasteiger partial charge on any atom is 0.159 e. The van der Waals surface area contributed by atoms with Crippen molar-refractivity contribution in [3.8, 4) is 33.4 Å². The minimum absolute atomic E-state index is 0.112. The van der Waals surface area contributed by atoms with Gasteiger partial charge in [0, 0.05) is 27.4 Å². The molecule has 0 N–H and O–H groups in total. The van der Waals surface area contributed by atoms with Crippen LogP contribution in [0.15, 0.2) is 156 Å². The van der Waals surface area contributed by atoms with Crippen molar-refractivity contribution in [2.24, 2.45) is 0 Å². The van der Waals surface area contributed by atoms with Gasteiger partial charge in [0.05, 0.1) is 11.4 Å². The molecule has 55 heavy (non-hydrogen) atoms. The normalized spacial score (nSPS) is 16.1. The lowest BCUT2D eigenvalue weighted by molar-refractivity contribution is 0.333. The van der Waals surface area contributed by atoms with Crippen molar-refractivity contribution in [3.05, 3.63) is 174 Å². The van der Waals surface area contributed by atoms with Crippen LogP contribution in [0.1, 0.15) is 76.6 Å². The van der Waals surface area contributed by atoms with Crippen molar-refractivity contribution < 1.29 is 4.42 Å². The molecule has 1 aromatic heterocycles. The van der Waals surface area contributed by atoms with E-state index in [0.717, 1.165) is 39.0 Å². The van der Waals surface area contributed by atoms with Gasteiger partial charge in [-0.15, -0.1) is 0 Å². The van der Waals surface area contributed by atoms with E-state index in [4.69, 9.17) is 4.42 Å². The largest absolute Gasteiger partial charge is 0.454 e. The summed E-state index contributed by atoms with van der Waals surface area (Å²) < 4.78 is 6.74. The van der Waals surface area contributed by atoms with Crippen LogP contribution in [-0.2, 0) is 16.2 Å². The van der Waals surface area contributed by atoms with Gasteiger partial charge in [0.1, 0.15) is 5.58 Å². The van der Waals surface area contributed by atoms with Crippen LogP contribution >= 0.6 is 0 Å². The molecule has 0 radical (unpaired) electrons. The lowest BCUT2D eigenvalue weighted by atomic mass is 9.61. The zero-order chi connectivity index (χ0) is 37.7. The minimum atomic E-state index is -0.163. The van der Waals surface area contributed by atoms with Gasteiger partial charge in [0.15, 0.2) is 5.58 Å². The van der Waals surface area contributed by atoms with Crippen molar-refractivity contribution in [1.82, 2.24) is 0 Å². The molecule has 0 amide bonds. The Morgan fingerprint density at radius 1 is 0.455 bits per heavy atom. The molecule has 0 bridgehead atoms. The van der Waals surface area contributed by atoms with Crippen LogP contribution < -0.4 is 4.90 Å². The first-order chi connectivity index (χ1) is 26.5. The summed E-state index contributed by atoms with van der Waals surface area (Å²) >= 11 is 0. The summed E-state index contributed by atoms with van der Waals surface area (Å²) in [6, 6.07) is 55.9. The Bertz CT molecular complexity index is 2780. The first kappa shape index (κ1) is 33.7. The van der Waals surface area contributed by atoms with E-state index in [1.165, 1.54) is 68.5 Å². The van der Waals surface area contributed by atoms with Crippen molar-refractivity contribution in [3.63, 3.8) is 0 Å². The molecule has 0 unspecified atom stereocenters. The maximum absolute atomic E-state index is 6.74. The van der Waals surface area contributed by atoms with Crippen molar-refractivity contribution in [2.75, 3.05) is 4.90 Å². The van der Waals surface area contributed by atoms with Crippen LogP contribution in [0.4, 0.5) is 17.1 Å². The van der Waals surface area contributed by atoms with Gasteiger partial charge in [0.2, 0.25) is 0 Å². The minimum Gasteiger partial charge on any atom is -0.454 e. The maximum atomic E-state index is 6.74. The van der Waals surface area contributed by atoms with E-state index in [9.17, 15) is 0 Å². The first-order valence-corrected chi connectivity index (χ1v) is 19.8. The molecule has 2 aliphatic carbocycles. The van der Waals surface area contributed by atoms with Crippen LogP contribution in [0.25, 0.3) is 55.3 Å². The van der Waals surface area contributed by atoms with E-state index in [0.29, 0.717) is 0 Å². The fraction of sp³-hybridized carbons (Fsp3) is 0.208.